The van der Waals surface area contributed by atoms with Gasteiger partial charge in [0.25, 0.3) is 0 Å². The van der Waals surface area contributed by atoms with Gasteiger partial charge in [0.05, 0.1) is 16.2 Å². The molecule has 0 saturated carbocycles. The minimum Gasteiger partial charge on any atom is -0.381 e. The first kappa shape index (κ1) is 13.3. The topological polar surface area (TPSA) is 33.1 Å². The Morgan fingerprint density at radius 1 is 1.28 bits per heavy atom. The predicted molar refractivity (Wildman–Crippen MR) is 69.3 cm³/mol. The number of rotatable bonds is 2. The molecule has 0 fully saturated rings. The molecule has 0 amide bonds. The van der Waals surface area contributed by atoms with Crippen molar-refractivity contribution >= 4 is 23.2 Å². The summed E-state index contributed by atoms with van der Waals surface area (Å²) in [6.45, 7) is 1.51. The third-order valence-corrected chi connectivity index (χ3v) is 3.56. The van der Waals surface area contributed by atoms with Crippen LogP contribution in [0.15, 0.2) is 36.7 Å². The fraction of sp³-hybridized carbons (Fsp3) is 0.154. The highest BCUT2D eigenvalue weighted by atomic mass is 35.5. The molecule has 0 aliphatic carbocycles. The van der Waals surface area contributed by atoms with E-state index in [1.54, 1.807) is 18.2 Å². The summed E-state index contributed by atoms with van der Waals surface area (Å²) in [7, 11) is 0. The Morgan fingerprint density at radius 3 is 2.67 bits per heavy atom. The summed E-state index contributed by atoms with van der Waals surface area (Å²) < 4.78 is 13.2. The summed E-state index contributed by atoms with van der Waals surface area (Å²) in [4.78, 5) is 3.72. The van der Waals surface area contributed by atoms with Crippen LogP contribution in [0.25, 0.3) is 0 Å². The first-order valence-electron chi connectivity index (χ1n) is 5.21. The number of aliphatic hydroxyl groups is 1. The van der Waals surface area contributed by atoms with Gasteiger partial charge in [-0.15, -0.1) is 0 Å². The van der Waals surface area contributed by atoms with Crippen LogP contribution in [0.3, 0.4) is 0 Å². The molecule has 1 heterocycles. The first-order chi connectivity index (χ1) is 8.43. The van der Waals surface area contributed by atoms with Gasteiger partial charge in [0.2, 0.25) is 0 Å². The van der Waals surface area contributed by atoms with Gasteiger partial charge in [0.1, 0.15) is 11.4 Å². The highest BCUT2D eigenvalue weighted by Gasteiger charge is 2.29. The summed E-state index contributed by atoms with van der Waals surface area (Å²) in [6.07, 6.45) is 2.46. The van der Waals surface area contributed by atoms with Crippen LogP contribution in [-0.2, 0) is 5.60 Å². The van der Waals surface area contributed by atoms with Crippen molar-refractivity contribution in [3.8, 4) is 0 Å². The van der Waals surface area contributed by atoms with E-state index in [9.17, 15) is 9.50 Å². The van der Waals surface area contributed by atoms with Crippen LogP contribution < -0.4 is 0 Å². The van der Waals surface area contributed by atoms with E-state index < -0.39 is 11.4 Å². The second-order valence-electron chi connectivity index (χ2n) is 4.07. The lowest BCUT2D eigenvalue weighted by Gasteiger charge is -2.25. The van der Waals surface area contributed by atoms with Gasteiger partial charge in [-0.25, -0.2) is 4.39 Å². The van der Waals surface area contributed by atoms with Crippen LogP contribution in [0.5, 0.6) is 0 Å². The van der Waals surface area contributed by atoms with Crippen molar-refractivity contribution in [2.24, 2.45) is 0 Å². The lowest BCUT2D eigenvalue weighted by atomic mass is 9.89. The maximum Gasteiger partial charge on any atom is 0.141 e. The number of benzene rings is 1. The van der Waals surface area contributed by atoms with Gasteiger partial charge >= 0.3 is 0 Å². The van der Waals surface area contributed by atoms with Gasteiger partial charge in [-0.3, -0.25) is 4.98 Å². The van der Waals surface area contributed by atoms with E-state index >= 15 is 0 Å². The fourth-order valence-electron chi connectivity index (χ4n) is 1.71. The van der Waals surface area contributed by atoms with Crippen molar-refractivity contribution < 1.29 is 9.50 Å². The second-order valence-corrected chi connectivity index (χ2v) is 4.85. The van der Waals surface area contributed by atoms with E-state index in [4.69, 9.17) is 23.2 Å². The lowest BCUT2D eigenvalue weighted by Crippen LogP contribution is -2.23. The number of pyridine rings is 1. The molecule has 0 spiro atoms. The Labute approximate surface area is 114 Å². The molecule has 1 aromatic carbocycles. The molecule has 1 unspecified atom stereocenters. The Bertz CT molecular complexity index is 587. The van der Waals surface area contributed by atoms with Gasteiger partial charge in [-0.1, -0.05) is 35.3 Å². The summed E-state index contributed by atoms with van der Waals surface area (Å²) in [5, 5.41) is 11.1. The summed E-state index contributed by atoms with van der Waals surface area (Å²) in [6, 6.07) is 6.14. The Balaban J connectivity index is 2.57. The normalized spacial score (nSPS) is 14.3. The lowest BCUT2D eigenvalue weighted by molar-refractivity contribution is 0.102. The average Bonchev–Trinajstić information content (AvgIpc) is 2.32. The van der Waals surface area contributed by atoms with E-state index in [0.717, 1.165) is 6.20 Å². The number of nitrogens with zero attached hydrogens (tertiary/aromatic N) is 1. The SMILES string of the molecule is CC(O)(c1cncc(F)c1)c1cccc(Cl)c1Cl. The van der Waals surface area contributed by atoms with Crippen molar-refractivity contribution in [3.63, 3.8) is 0 Å². The van der Waals surface area contributed by atoms with Crippen molar-refractivity contribution in [3.05, 3.63) is 63.6 Å². The zero-order valence-corrected chi connectivity index (χ0v) is 11.0. The molecule has 1 atom stereocenters. The molecule has 0 saturated heterocycles. The van der Waals surface area contributed by atoms with E-state index in [0.29, 0.717) is 16.1 Å². The molecule has 5 heteroatoms. The monoisotopic (exact) mass is 285 g/mol. The highest BCUT2D eigenvalue weighted by molar-refractivity contribution is 6.42. The van der Waals surface area contributed by atoms with E-state index in [1.807, 2.05) is 0 Å². The minimum absolute atomic E-state index is 0.244. The standard InChI is InChI=1S/C13H10Cl2FNO/c1-13(18,8-5-9(16)7-17-6-8)10-3-2-4-11(14)12(10)15/h2-7,18H,1H3. The Morgan fingerprint density at radius 2 is 2.00 bits per heavy atom. The Hall–Kier alpha value is -1.16. The van der Waals surface area contributed by atoms with Crippen LogP contribution in [0.1, 0.15) is 18.1 Å². The third-order valence-electron chi connectivity index (χ3n) is 2.74. The smallest absolute Gasteiger partial charge is 0.141 e. The predicted octanol–water partition coefficient (Wildman–Crippen LogP) is 3.78. The molecule has 18 heavy (non-hydrogen) atoms. The van der Waals surface area contributed by atoms with E-state index in [-0.39, 0.29) is 5.02 Å². The molecule has 1 N–H and O–H groups in total. The largest absolute Gasteiger partial charge is 0.381 e. The molecule has 0 bridgehead atoms. The zero-order valence-electron chi connectivity index (χ0n) is 9.49. The summed E-state index contributed by atoms with van der Waals surface area (Å²) in [5.74, 6) is -0.522. The number of hydrogen-bond acceptors (Lipinski definition) is 2. The van der Waals surface area contributed by atoms with Gasteiger partial charge in [-0.2, -0.15) is 0 Å². The Kier molecular flexibility index (Phi) is 3.57. The van der Waals surface area contributed by atoms with Gasteiger partial charge in [-0.05, 0) is 19.1 Å². The van der Waals surface area contributed by atoms with Gasteiger partial charge < -0.3 is 5.11 Å². The molecule has 2 aromatic rings. The van der Waals surface area contributed by atoms with E-state index in [2.05, 4.69) is 4.98 Å². The van der Waals surface area contributed by atoms with Crippen LogP contribution in [0.2, 0.25) is 10.0 Å². The van der Waals surface area contributed by atoms with Crippen LogP contribution >= 0.6 is 23.2 Å². The molecule has 0 aliphatic heterocycles. The number of halogens is 3. The molecule has 2 rings (SSSR count). The maximum absolute atomic E-state index is 13.2. The second kappa shape index (κ2) is 4.84. The molecular formula is C13H10Cl2FNO. The average molecular weight is 286 g/mol. The van der Waals surface area contributed by atoms with Gasteiger partial charge in [0.15, 0.2) is 0 Å². The minimum atomic E-state index is -1.46. The fourth-order valence-corrected chi connectivity index (χ4v) is 2.20. The summed E-state index contributed by atoms with van der Waals surface area (Å²) >= 11 is 12.0. The number of aromatic nitrogens is 1. The van der Waals surface area contributed by atoms with Crippen molar-refractivity contribution in [2.45, 2.75) is 12.5 Å². The molecule has 94 valence electrons. The zero-order chi connectivity index (χ0) is 13.3. The first-order valence-corrected chi connectivity index (χ1v) is 5.96. The van der Waals surface area contributed by atoms with Crippen molar-refractivity contribution in [1.29, 1.82) is 0 Å². The maximum atomic E-state index is 13.2. The molecule has 2 nitrogen and oxygen atoms in total. The molecular weight excluding hydrogens is 276 g/mol. The quantitative estimate of drug-likeness (QED) is 0.911. The van der Waals surface area contributed by atoms with Crippen LogP contribution in [-0.4, -0.2) is 10.1 Å². The van der Waals surface area contributed by atoms with Crippen molar-refractivity contribution in [1.82, 2.24) is 4.98 Å². The number of hydrogen-bond donors (Lipinski definition) is 1. The molecule has 1 aromatic heterocycles. The molecule has 0 aliphatic rings. The van der Waals surface area contributed by atoms with Crippen LogP contribution in [0.4, 0.5) is 4.39 Å². The van der Waals surface area contributed by atoms with Crippen molar-refractivity contribution in [2.75, 3.05) is 0 Å². The van der Waals surface area contributed by atoms with Crippen LogP contribution in [0, 0.1) is 5.82 Å². The third kappa shape index (κ3) is 2.34. The van der Waals surface area contributed by atoms with Gasteiger partial charge in [0, 0.05) is 17.3 Å². The van der Waals surface area contributed by atoms with E-state index in [1.165, 1.54) is 19.2 Å². The highest BCUT2D eigenvalue weighted by Crippen LogP contribution is 2.37. The summed E-state index contributed by atoms with van der Waals surface area (Å²) in [5.41, 5.74) is -0.743. The molecule has 0 radical (unpaired) electrons.